The van der Waals surface area contributed by atoms with Crippen LogP contribution in [0.1, 0.15) is 60.4 Å². The van der Waals surface area contributed by atoms with Crippen LogP contribution in [0.2, 0.25) is 0 Å². The Balaban J connectivity index is 2.35. The van der Waals surface area contributed by atoms with Crippen LogP contribution >= 0.6 is 15.9 Å². The van der Waals surface area contributed by atoms with E-state index in [4.69, 9.17) is 4.98 Å². The average Bonchev–Trinajstić information content (AvgIpc) is 2.52. The van der Waals surface area contributed by atoms with Crippen LogP contribution in [-0.2, 0) is 0 Å². The highest BCUT2D eigenvalue weighted by Crippen LogP contribution is 2.36. The van der Waals surface area contributed by atoms with Gasteiger partial charge in [0.2, 0.25) is 5.95 Å². The fraction of sp³-hybridized carbons (Fsp3) is 0.545. The van der Waals surface area contributed by atoms with E-state index >= 15 is 0 Å². The maximum atomic E-state index is 13.0. The van der Waals surface area contributed by atoms with Crippen LogP contribution in [0.5, 0.6) is 0 Å². The van der Waals surface area contributed by atoms with Gasteiger partial charge in [-0.15, -0.1) is 6.58 Å². The molecule has 0 aliphatic carbocycles. The van der Waals surface area contributed by atoms with E-state index in [1.165, 1.54) is 0 Å². The third-order valence-electron chi connectivity index (χ3n) is 4.76. The Morgan fingerprint density at radius 1 is 1.26 bits per heavy atom. The number of fused-ring (bicyclic) bond motifs is 1. The molecule has 0 radical (unpaired) electrons. The van der Waals surface area contributed by atoms with Crippen LogP contribution in [0.4, 0.5) is 5.95 Å². The van der Waals surface area contributed by atoms with Crippen molar-refractivity contribution < 1.29 is 0 Å². The number of rotatable bonds is 8. The molecule has 27 heavy (non-hydrogen) atoms. The lowest BCUT2D eigenvalue weighted by Gasteiger charge is -2.35. The predicted octanol–water partition coefficient (Wildman–Crippen LogP) is 6.17. The Hall–Kier alpha value is -1.62. The first-order valence-corrected chi connectivity index (χ1v) is 10.3. The minimum atomic E-state index is -0.0106. The lowest BCUT2D eigenvalue weighted by molar-refractivity contribution is 0.207. The van der Waals surface area contributed by atoms with E-state index in [1.54, 1.807) is 4.57 Å². The Bertz CT molecular complexity index is 881. The van der Waals surface area contributed by atoms with Gasteiger partial charge in [-0.3, -0.25) is 9.36 Å². The summed E-state index contributed by atoms with van der Waals surface area (Å²) in [7, 11) is 0. The normalized spacial score (nSPS) is 12.6. The number of nitrogens with one attached hydrogen (secondary N) is 1. The van der Waals surface area contributed by atoms with Crippen molar-refractivity contribution in [2.24, 2.45) is 10.8 Å². The number of benzene rings is 1. The highest BCUT2D eigenvalue weighted by Gasteiger charge is 2.28. The third kappa shape index (κ3) is 5.44. The monoisotopic (exact) mass is 433 g/mol. The molecule has 0 saturated carbocycles. The maximum absolute atomic E-state index is 13.0. The summed E-state index contributed by atoms with van der Waals surface area (Å²) in [5.74, 6) is 0.638. The molecule has 0 amide bonds. The van der Waals surface area contributed by atoms with E-state index < -0.39 is 0 Å². The van der Waals surface area contributed by atoms with Crippen molar-refractivity contribution in [2.75, 3.05) is 11.9 Å². The van der Waals surface area contributed by atoms with E-state index in [0.717, 1.165) is 23.9 Å². The first-order valence-electron chi connectivity index (χ1n) is 9.52. The van der Waals surface area contributed by atoms with Gasteiger partial charge in [0.1, 0.15) is 0 Å². The van der Waals surface area contributed by atoms with Gasteiger partial charge in [0.25, 0.3) is 5.56 Å². The third-order valence-corrected chi connectivity index (χ3v) is 5.25. The van der Waals surface area contributed by atoms with E-state index in [-0.39, 0.29) is 22.4 Å². The second-order valence-electron chi connectivity index (χ2n) is 9.22. The second kappa shape index (κ2) is 8.17. The predicted molar refractivity (Wildman–Crippen MR) is 120 cm³/mol. The van der Waals surface area contributed by atoms with Gasteiger partial charge in [0.15, 0.2) is 0 Å². The van der Waals surface area contributed by atoms with Crippen molar-refractivity contribution >= 4 is 32.8 Å². The zero-order valence-corrected chi connectivity index (χ0v) is 19.0. The van der Waals surface area contributed by atoms with Gasteiger partial charge in [-0.2, -0.15) is 0 Å². The van der Waals surface area contributed by atoms with Gasteiger partial charge in [0.05, 0.1) is 10.9 Å². The number of hydrogen-bond acceptors (Lipinski definition) is 3. The lowest BCUT2D eigenvalue weighted by atomic mass is 9.73. The maximum Gasteiger partial charge on any atom is 0.263 e. The Morgan fingerprint density at radius 2 is 1.93 bits per heavy atom. The molecule has 0 bridgehead atoms. The molecule has 1 aromatic carbocycles. The minimum Gasteiger partial charge on any atom is -0.355 e. The number of allylic oxidation sites excluding steroid dienone is 1. The van der Waals surface area contributed by atoms with Crippen molar-refractivity contribution in [3.05, 3.63) is 45.7 Å². The van der Waals surface area contributed by atoms with Crippen molar-refractivity contribution in [3.63, 3.8) is 0 Å². The van der Waals surface area contributed by atoms with Gasteiger partial charge in [-0.1, -0.05) is 49.7 Å². The van der Waals surface area contributed by atoms with Crippen LogP contribution in [0.3, 0.4) is 0 Å². The summed E-state index contributed by atoms with van der Waals surface area (Å²) in [6.45, 7) is 17.7. The average molecular weight is 434 g/mol. The summed E-state index contributed by atoms with van der Waals surface area (Å²) in [6.07, 6.45) is 4.02. The summed E-state index contributed by atoms with van der Waals surface area (Å²) in [4.78, 5) is 17.8. The fourth-order valence-electron chi connectivity index (χ4n) is 3.91. The Labute approximate surface area is 171 Å². The standard InChI is InChI=1S/C22H32BrN3O/c1-8-11-21(4,5)13-22(6,7)14-24-20-25-18-10-9-16(23)12-17(18)19(27)26(20)15(2)3/h8-10,12,15H,1,11,13-14H2,2-7H3,(H,24,25). The van der Waals surface area contributed by atoms with Gasteiger partial charge in [-0.05, 0) is 55.7 Å². The summed E-state index contributed by atoms with van der Waals surface area (Å²) in [6, 6.07) is 5.67. The lowest BCUT2D eigenvalue weighted by Crippen LogP contribution is -2.33. The molecule has 0 fully saturated rings. The number of anilines is 1. The molecule has 0 saturated heterocycles. The molecule has 0 atom stereocenters. The topological polar surface area (TPSA) is 46.9 Å². The molecule has 2 rings (SSSR count). The number of hydrogen-bond donors (Lipinski definition) is 1. The van der Waals surface area contributed by atoms with E-state index in [1.807, 2.05) is 38.1 Å². The van der Waals surface area contributed by atoms with Gasteiger partial charge >= 0.3 is 0 Å². The van der Waals surface area contributed by atoms with Crippen LogP contribution in [0.15, 0.2) is 40.1 Å². The van der Waals surface area contributed by atoms with Crippen molar-refractivity contribution in [2.45, 2.75) is 60.4 Å². The molecule has 148 valence electrons. The zero-order valence-electron chi connectivity index (χ0n) is 17.4. The zero-order chi connectivity index (χ0) is 20.4. The highest BCUT2D eigenvalue weighted by molar-refractivity contribution is 9.10. The van der Waals surface area contributed by atoms with Crippen molar-refractivity contribution in [1.29, 1.82) is 0 Å². The summed E-state index contributed by atoms with van der Waals surface area (Å²) >= 11 is 3.45. The van der Waals surface area contributed by atoms with Crippen LogP contribution in [-0.4, -0.2) is 16.1 Å². The van der Waals surface area contributed by atoms with E-state index in [2.05, 4.69) is 55.5 Å². The molecule has 2 aromatic rings. The van der Waals surface area contributed by atoms with E-state index in [0.29, 0.717) is 16.9 Å². The quantitative estimate of drug-likeness (QED) is 0.506. The van der Waals surface area contributed by atoms with Gasteiger partial charge < -0.3 is 5.32 Å². The number of nitrogens with zero attached hydrogens (tertiary/aromatic N) is 2. The molecule has 0 aliphatic rings. The summed E-state index contributed by atoms with van der Waals surface area (Å²) < 4.78 is 2.63. The largest absolute Gasteiger partial charge is 0.355 e. The second-order valence-corrected chi connectivity index (χ2v) is 10.1. The molecular formula is C22H32BrN3O. The minimum absolute atomic E-state index is 0.0106. The molecule has 1 heterocycles. The molecule has 0 spiro atoms. The van der Waals surface area contributed by atoms with Crippen molar-refractivity contribution in [3.8, 4) is 0 Å². The van der Waals surface area contributed by atoms with Crippen molar-refractivity contribution in [1.82, 2.24) is 9.55 Å². The van der Waals surface area contributed by atoms with Gasteiger partial charge in [-0.25, -0.2) is 4.98 Å². The van der Waals surface area contributed by atoms with Crippen LogP contribution < -0.4 is 10.9 Å². The molecule has 0 unspecified atom stereocenters. The summed E-state index contributed by atoms with van der Waals surface area (Å²) in [5.41, 5.74) is 0.949. The number of aromatic nitrogens is 2. The highest BCUT2D eigenvalue weighted by atomic mass is 79.9. The Morgan fingerprint density at radius 3 is 2.52 bits per heavy atom. The molecule has 5 heteroatoms. The molecule has 1 N–H and O–H groups in total. The fourth-order valence-corrected chi connectivity index (χ4v) is 4.28. The SMILES string of the molecule is C=CCC(C)(C)CC(C)(C)CNc1nc2ccc(Br)cc2c(=O)n1C(C)C. The first kappa shape index (κ1) is 21.7. The summed E-state index contributed by atoms with van der Waals surface area (Å²) in [5, 5.41) is 4.10. The molecule has 0 aliphatic heterocycles. The molecule has 1 aromatic heterocycles. The molecule has 4 nitrogen and oxygen atoms in total. The van der Waals surface area contributed by atoms with Crippen LogP contribution in [0, 0.1) is 10.8 Å². The first-order chi connectivity index (χ1) is 12.5. The van der Waals surface area contributed by atoms with E-state index in [9.17, 15) is 4.79 Å². The number of halogens is 1. The molecular weight excluding hydrogens is 402 g/mol. The smallest absolute Gasteiger partial charge is 0.263 e. The Kier molecular flexibility index (Phi) is 6.56. The van der Waals surface area contributed by atoms with Gasteiger partial charge in [0, 0.05) is 17.1 Å². The van der Waals surface area contributed by atoms with Crippen LogP contribution in [0.25, 0.3) is 10.9 Å².